The van der Waals surface area contributed by atoms with E-state index in [1.165, 1.54) is 6.07 Å². The zero-order chi connectivity index (χ0) is 13.7. The van der Waals surface area contributed by atoms with E-state index in [0.29, 0.717) is 11.6 Å². The smallest absolute Gasteiger partial charge is 0.146 e. The van der Waals surface area contributed by atoms with Crippen LogP contribution in [0, 0.1) is 11.7 Å². The highest BCUT2D eigenvalue weighted by atomic mass is 19.1. The number of nitrogens with two attached hydrogens (primary N) is 1. The van der Waals surface area contributed by atoms with E-state index < -0.39 is 0 Å². The topological polar surface area (TPSA) is 29.3 Å². The fourth-order valence-electron chi connectivity index (χ4n) is 2.12. The lowest BCUT2D eigenvalue weighted by atomic mass is 10.0. The minimum Gasteiger partial charge on any atom is -0.369 e. The molecular weight excluding hydrogens is 227 g/mol. The van der Waals surface area contributed by atoms with E-state index in [0.717, 1.165) is 25.1 Å². The minimum atomic E-state index is -0.171. The standard InChI is InChI=1S/C15H25FN2/c1-5-11(3)10-18(6-2)15-13(12(4)17)8-7-9-14(15)16/h7-9,11-12H,5-6,10,17H2,1-4H3/t11?,12-/m0/s1. The molecule has 0 aromatic heterocycles. The molecule has 18 heavy (non-hydrogen) atoms. The first-order valence-corrected chi connectivity index (χ1v) is 6.80. The summed E-state index contributed by atoms with van der Waals surface area (Å²) < 4.78 is 14.1. The van der Waals surface area contributed by atoms with Gasteiger partial charge in [-0.15, -0.1) is 0 Å². The average Bonchev–Trinajstić information content (AvgIpc) is 2.35. The number of anilines is 1. The Labute approximate surface area is 110 Å². The van der Waals surface area contributed by atoms with Crippen molar-refractivity contribution in [2.75, 3.05) is 18.0 Å². The molecule has 0 fully saturated rings. The summed E-state index contributed by atoms with van der Waals surface area (Å²) in [4.78, 5) is 2.10. The fraction of sp³-hybridized carbons (Fsp3) is 0.600. The molecule has 0 aliphatic rings. The molecule has 0 saturated heterocycles. The van der Waals surface area contributed by atoms with Crippen molar-refractivity contribution >= 4 is 5.69 Å². The first kappa shape index (κ1) is 15.0. The summed E-state index contributed by atoms with van der Waals surface area (Å²) in [7, 11) is 0. The lowest BCUT2D eigenvalue weighted by Crippen LogP contribution is -2.30. The molecule has 0 spiro atoms. The van der Waals surface area contributed by atoms with Crippen molar-refractivity contribution in [2.45, 2.75) is 40.2 Å². The van der Waals surface area contributed by atoms with Gasteiger partial charge in [0, 0.05) is 19.1 Å². The summed E-state index contributed by atoms with van der Waals surface area (Å²) in [6, 6.07) is 5.01. The van der Waals surface area contributed by atoms with Gasteiger partial charge in [0.05, 0.1) is 5.69 Å². The normalized spacial score (nSPS) is 14.3. The summed E-state index contributed by atoms with van der Waals surface area (Å²) in [5, 5.41) is 0. The van der Waals surface area contributed by atoms with Gasteiger partial charge in [-0.25, -0.2) is 4.39 Å². The van der Waals surface area contributed by atoms with E-state index >= 15 is 0 Å². The van der Waals surface area contributed by atoms with Crippen LogP contribution in [0.15, 0.2) is 18.2 Å². The molecule has 2 atom stereocenters. The van der Waals surface area contributed by atoms with Crippen LogP contribution < -0.4 is 10.6 Å². The SMILES string of the molecule is CCC(C)CN(CC)c1c(F)cccc1[C@H](C)N. The van der Waals surface area contributed by atoms with E-state index in [2.05, 4.69) is 25.7 Å². The van der Waals surface area contributed by atoms with Crippen LogP contribution in [0.1, 0.15) is 45.7 Å². The van der Waals surface area contributed by atoms with Crippen LogP contribution in [0.25, 0.3) is 0 Å². The van der Waals surface area contributed by atoms with Crippen molar-refractivity contribution in [3.63, 3.8) is 0 Å². The third-order valence-electron chi connectivity index (χ3n) is 3.44. The van der Waals surface area contributed by atoms with E-state index in [1.807, 2.05) is 13.0 Å². The zero-order valence-corrected chi connectivity index (χ0v) is 11.9. The van der Waals surface area contributed by atoms with Crippen LogP contribution in [-0.2, 0) is 0 Å². The van der Waals surface area contributed by atoms with E-state index in [4.69, 9.17) is 5.73 Å². The van der Waals surface area contributed by atoms with Gasteiger partial charge < -0.3 is 10.6 Å². The first-order chi connectivity index (χ1) is 8.51. The quantitative estimate of drug-likeness (QED) is 0.836. The largest absolute Gasteiger partial charge is 0.369 e. The summed E-state index contributed by atoms with van der Waals surface area (Å²) in [6.45, 7) is 9.97. The fourth-order valence-corrected chi connectivity index (χ4v) is 2.12. The Morgan fingerprint density at radius 3 is 2.44 bits per heavy atom. The number of hydrogen-bond acceptors (Lipinski definition) is 2. The van der Waals surface area contributed by atoms with E-state index in [1.54, 1.807) is 6.07 Å². The molecule has 1 aromatic rings. The lowest BCUT2D eigenvalue weighted by Gasteiger charge is -2.29. The summed E-state index contributed by atoms with van der Waals surface area (Å²) in [5.41, 5.74) is 7.51. The third-order valence-corrected chi connectivity index (χ3v) is 3.44. The molecule has 0 aliphatic carbocycles. The van der Waals surface area contributed by atoms with Crippen molar-refractivity contribution in [3.8, 4) is 0 Å². The Morgan fingerprint density at radius 2 is 1.94 bits per heavy atom. The Balaban J connectivity index is 3.11. The highest BCUT2D eigenvalue weighted by Crippen LogP contribution is 2.29. The van der Waals surface area contributed by atoms with Gasteiger partial charge in [-0.2, -0.15) is 0 Å². The number of nitrogens with zero attached hydrogens (tertiary/aromatic N) is 1. The second kappa shape index (κ2) is 6.74. The molecule has 1 rings (SSSR count). The number of hydrogen-bond donors (Lipinski definition) is 1. The van der Waals surface area contributed by atoms with Gasteiger partial charge in [-0.3, -0.25) is 0 Å². The molecule has 2 nitrogen and oxygen atoms in total. The molecule has 0 radical (unpaired) electrons. The number of halogens is 1. The predicted octanol–water partition coefficient (Wildman–Crippen LogP) is 3.72. The molecule has 102 valence electrons. The molecule has 3 heteroatoms. The average molecular weight is 252 g/mol. The molecule has 2 N–H and O–H groups in total. The van der Waals surface area contributed by atoms with Crippen LogP contribution in [-0.4, -0.2) is 13.1 Å². The van der Waals surface area contributed by atoms with Crippen LogP contribution >= 0.6 is 0 Å². The highest BCUT2D eigenvalue weighted by molar-refractivity contribution is 5.56. The van der Waals surface area contributed by atoms with Gasteiger partial charge in [-0.1, -0.05) is 32.4 Å². The van der Waals surface area contributed by atoms with Gasteiger partial charge >= 0.3 is 0 Å². The number of para-hydroxylation sites is 1. The molecule has 0 heterocycles. The molecule has 0 bridgehead atoms. The predicted molar refractivity (Wildman–Crippen MR) is 76.3 cm³/mol. The van der Waals surface area contributed by atoms with Gasteiger partial charge in [-0.05, 0) is 31.4 Å². The molecule has 1 unspecified atom stereocenters. The van der Waals surface area contributed by atoms with Crippen LogP contribution in [0.3, 0.4) is 0 Å². The van der Waals surface area contributed by atoms with Crippen molar-refractivity contribution in [1.29, 1.82) is 0 Å². The van der Waals surface area contributed by atoms with Gasteiger partial charge in [0.25, 0.3) is 0 Å². The summed E-state index contributed by atoms with van der Waals surface area (Å²) in [6.07, 6.45) is 1.10. The van der Waals surface area contributed by atoms with Gasteiger partial charge in [0.2, 0.25) is 0 Å². The maximum Gasteiger partial charge on any atom is 0.146 e. The Morgan fingerprint density at radius 1 is 1.28 bits per heavy atom. The summed E-state index contributed by atoms with van der Waals surface area (Å²) in [5.74, 6) is 0.375. The maximum atomic E-state index is 14.1. The van der Waals surface area contributed by atoms with Gasteiger partial charge in [0.1, 0.15) is 5.82 Å². The molecule has 0 amide bonds. The molecule has 0 saturated carbocycles. The first-order valence-electron chi connectivity index (χ1n) is 6.80. The Bertz CT molecular complexity index is 377. The minimum absolute atomic E-state index is 0.151. The Hall–Kier alpha value is -1.09. The molecule has 0 aliphatic heterocycles. The second-order valence-electron chi connectivity index (χ2n) is 5.02. The molecule has 1 aromatic carbocycles. The van der Waals surface area contributed by atoms with Gasteiger partial charge in [0.15, 0.2) is 0 Å². The van der Waals surface area contributed by atoms with E-state index in [9.17, 15) is 4.39 Å². The zero-order valence-electron chi connectivity index (χ0n) is 11.9. The van der Waals surface area contributed by atoms with Crippen molar-refractivity contribution < 1.29 is 4.39 Å². The molecular formula is C15H25FN2. The van der Waals surface area contributed by atoms with Crippen molar-refractivity contribution in [2.24, 2.45) is 11.7 Å². The number of rotatable bonds is 6. The van der Waals surface area contributed by atoms with Crippen molar-refractivity contribution in [3.05, 3.63) is 29.6 Å². The summed E-state index contributed by atoms with van der Waals surface area (Å²) >= 11 is 0. The van der Waals surface area contributed by atoms with Crippen LogP contribution in [0.4, 0.5) is 10.1 Å². The number of benzene rings is 1. The monoisotopic (exact) mass is 252 g/mol. The third kappa shape index (κ3) is 3.45. The van der Waals surface area contributed by atoms with Crippen molar-refractivity contribution in [1.82, 2.24) is 0 Å². The lowest BCUT2D eigenvalue weighted by molar-refractivity contribution is 0.535. The van der Waals surface area contributed by atoms with Crippen LogP contribution in [0.5, 0.6) is 0 Å². The second-order valence-corrected chi connectivity index (χ2v) is 5.02. The van der Waals surface area contributed by atoms with Crippen LogP contribution in [0.2, 0.25) is 0 Å². The maximum absolute atomic E-state index is 14.1. The van der Waals surface area contributed by atoms with E-state index in [-0.39, 0.29) is 11.9 Å². The Kier molecular flexibility index (Phi) is 5.60. The highest BCUT2D eigenvalue weighted by Gasteiger charge is 2.18.